The Morgan fingerprint density at radius 3 is 2.71 bits per heavy atom. The van der Waals surface area contributed by atoms with Gasteiger partial charge in [0.1, 0.15) is 15.2 Å². The zero-order chi connectivity index (χ0) is 14.9. The van der Waals surface area contributed by atoms with Gasteiger partial charge in [-0.15, -0.1) is 11.3 Å². The van der Waals surface area contributed by atoms with Gasteiger partial charge in [0, 0.05) is 25.2 Å². The van der Waals surface area contributed by atoms with Crippen LogP contribution >= 0.6 is 11.3 Å². The molecule has 1 aromatic rings. The summed E-state index contributed by atoms with van der Waals surface area (Å²) in [6.45, 7) is 1.95. The summed E-state index contributed by atoms with van der Waals surface area (Å²) in [4.78, 5) is 0.446. The Bertz CT molecular complexity index is 646. The van der Waals surface area contributed by atoms with Gasteiger partial charge in [-0.2, -0.15) is 9.57 Å². The fraction of sp³-hybridized carbons (Fsp3) is 0.643. The number of hydrogen-bond donors (Lipinski definition) is 1. The summed E-state index contributed by atoms with van der Waals surface area (Å²) in [7, 11) is -3.50. The quantitative estimate of drug-likeness (QED) is 0.901. The van der Waals surface area contributed by atoms with Crippen LogP contribution in [0.5, 0.6) is 0 Å². The van der Waals surface area contributed by atoms with E-state index in [1.165, 1.54) is 6.42 Å². The zero-order valence-corrected chi connectivity index (χ0v) is 13.5. The number of sulfonamides is 1. The predicted octanol–water partition coefficient (Wildman–Crippen LogP) is 1.92. The highest BCUT2D eigenvalue weighted by molar-refractivity contribution is 7.91. The molecule has 3 rings (SSSR count). The Labute approximate surface area is 129 Å². The van der Waals surface area contributed by atoms with Crippen LogP contribution in [0.1, 0.15) is 37.0 Å². The molecule has 7 heteroatoms. The van der Waals surface area contributed by atoms with Gasteiger partial charge in [-0.05, 0) is 25.0 Å². The van der Waals surface area contributed by atoms with E-state index in [9.17, 15) is 8.42 Å². The normalized spacial score (nSPS) is 23.0. The van der Waals surface area contributed by atoms with E-state index in [1.807, 2.05) is 6.07 Å². The van der Waals surface area contributed by atoms with Crippen molar-refractivity contribution in [2.24, 2.45) is 0 Å². The number of nitrogens with zero attached hydrogens (tertiary/aromatic N) is 2. The van der Waals surface area contributed by atoms with Crippen LogP contribution in [0.4, 0.5) is 0 Å². The smallest absolute Gasteiger partial charge is 0.253 e. The van der Waals surface area contributed by atoms with Gasteiger partial charge in [0.25, 0.3) is 10.0 Å². The SMILES string of the molecule is N#Cc1ccc(S(=O)(=O)N2CCNCC23CCCCC3)s1. The molecule has 21 heavy (non-hydrogen) atoms. The van der Waals surface area contributed by atoms with E-state index in [-0.39, 0.29) is 5.54 Å². The molecule has 0 aromatic carbocycles. The molecule has 1 N–H and O–H groups in total. The van der Waals surface area contributed by atoms with Crippen LogP contribution in [-0.4, -0.2) is 37.9 Å². The Hall–Kier alpha value is -0.940. The van der Waals surface area contributed by atoms with Crippen LogP contribution in [0.25, 0.3) is 0 Å². The molecule has 1 spiro atoms. The lowest BCUT2D eigenvalue weighted by atomic mass is 9.80. The molecule has 1 saturated carbocycles. The number of rotatable bonds is 2. The van der Waals surface area contributed by atoms with Crippen molar-refractivity contribution < 1.29 is 8.42 Å². The Balaban J connectivity index is 1.97. The molecule has 2 heterocycles. The molecular weight excluding hydrogens is 306 g/mol. The first kappa shape index (κ1) is 15.0. The second-order valence-corrected chi connectivity index (χ2v) is 8.94. The molecule has 0 radical (unpaired) electrons. The first-order valence-electron chi connectivity index (χ1n) is 7.32. The van der Waals surface area contributed by atoms with Crippen molar-refractivity contribution >= 4 is 21.4 Å². The number of hydrogen-bond acceptors (Lipinski definition) is 5. The third-order valence-corrected chi connectivity index (χ3v) is 7.96. The van der Waals surface area contributed by atoms with Crippen molar-refractivity contribution in [2.45, 2.75) is 41.9 Å². The largest absolute Gasteiger partial charge is 0.314 e. The molecule has 5 nitrogen and oxygen atoms in total. The monoisotopic (exact) mass is 325 g/mol. The van der Waals surface area contributed by atoms with Gasteiger partial charge in [0.2, 0.25) is 0 Å². The molecule has 0 unspecified atom stereocenters. The van der Waals surface area contributed by atoms with Crippen molar-refractivity contribution in [1.82, 2.24) is 9.62 Å². The lowest BCUT2D eigenvalue weighted by Gasteiger charge is -2.48. The molecule has 1 aliphatic heterocycles. The topological polar surface area (TPSA) is 73.2 Å². The highest BCUT2D eigenvalue weighted by Crippen LogP contribution is 2.39. The summed E-state index contributed by atoms with van der Waals surface area (Å²) in [6.07, 6.45) is 5.21. The van der Waals surface area contributed by atoms with Crippen molar-refractivity contribution in [2.75, 3.05) is 19.6 Å². The minimum absolute atomic E-state index is 0.272. The molecule has 2 aliphatic rings. The first-order chi connectivity index (χ1) is 10.1. The number of thiophene rings is 1. The lowest BCUT2D eigenvalue weighted by Crippen LogP contribution is -2.63. The Kier molecular flexibility index (Phi) is 4.06. The van der Waals surface area contributed by atoms with Gasteiger partial charge in [-0.25, -0.2) is 8.42 Å². The average molecular weight is 325 g/mol. The standard InChI is InChI=1S/C14H19N3O2S2/c15-10-12-4-5-13(20-12)21(18,19)17-9-8-16-11-14(17)6-2-1-3-7-14/h4-5,16H,1-3,6-9,11H2. The highest BCUT2D eigenvalue weighted by atomic mass is 32.2. The summed E-state index contributed by atoms with van der Waals surface area (Å²) in [5, 5.41) is 12.3. The van der Waals surface area contributed by atoms with Crippen LogP contribution in [0.15, 0.2) is 16.3 Å². The molecular formula is C14H19N3O2S2. The fourth-order valence-corrected chi connectivity index (χ4v) is 6.51. The van der Waals surface area contributed by atoms with E-state index in [4.69, 9.17) is 5.26 Å². The average Bonchev–Trinajstić information content (AvgIpc) is 2.98. The van der Waals surface area contributed by atoms with Gasteiger partial charge in [0.15, 0.2) is 0 Å². The third-order valence-electron chi connectivity index (χ3n) is 4.49. The molecule has 0 atom stereocenters. The predicted molar refractivity (Wildman–Crippen MR) is 81.6 cm³/mol. The van der Waals surface area contributed by atoms with E-state index < -0.39 is 10.0 Å². The van der Waals surface area contributed by atoms with Crippen molar-refractivity contribution in [1.29, 1.82) is 5.26 Å². The highest BCUT2D eigenvalue weighted by Gasteiger charge is 2.46. The maximum absolute atomic E-state index is 13.0. The zero-order valence-electron chi connectivity index (χ0n) is 11.8. The molecule has 114 valence electrons. The van der Waals surface area contributed by atoms with Gasteiger partial charge >= 0.3 is 0 Å². The summed E-state index contributed by atoms with van der Waals surface area (Å²) >= 11 is 1.07. The number of piperazine rings is 1. The number of nitriles is 1. The maximum atomic E-state index is 13.0. The first-order valence-corrected chi connectivity index (χ1v) is 9.58. The molecule has 2 fully saturated rings. The molecule has 0 amide bonds. The Morgan fingerprint density at radius 2 is 2.05 bits per heavy atom. The van der Waals surface area contributed by atoms with E-state index in [1.54, 1.807) is 16.4 Å². The van der Waals surface area contributed by atoms with Gasteiger partial charge < -0.3 is 5.32 Å². The van der Waals surface area contributed by atoms with Crippen LogP contribution in [0.2, 0.25) is 0 Å². The number of nitrogens with one attached hydrogen (secondary N) is 1. The lowest BCUT2D eigenvalue weighted by molar-refractivity contribution is 0.101. The summed E-state index contributed by atoms with van der Waals surface area (Å²) in [5.41, 5.74) is -0.272. The molecule has 1 aromatic heterocycles. The molecule has 1 aliphatic carbocycles. The van der Waals surface area contributed by atoms with Crippen molar-refractivity contribution in [3.05, 3.63) is 17.0 Å². The van der Waals surface area contributed by atoms with E-state index in [0.717, 1.165) is 43.6 Å². The fourth-order valence-electron chi connectivity index (χ4n) is 3.47. The van der Waals surface area contributed by atoms with Gasteiger partial charge in [0.05, 0.1) is 0 Å². The summed E-state index contributed by atoms with van der Waals surface area (Å²) in [6, 6.07) is 5.17. The van der Waals surface area contributed by atoms with Crippen LogP contribution < -0.4 is 5.32 Å². The summed E-state index contributed by atoms with van der Waals surface area (Å²) in [5.74, 6) is 0. The second kappa shape index (κ2) is 5.69. The Morgan fingerprint density at radius 1 is 1.29 bits per heavy atom. The summed E-state index contributed by atoms with van der Waals surface area (Å²) < 4.78 is 28.0. The van der Waals surface area contributed by atoms with Crippen molar-refractivity contribution in [3.63, 3.8) is 0 Å². The van der Waals surface area contributed by atoms with Crippen LogP contribution in [-0.2, 0) is 10.0 Å². The van der Waals surface area contributed by atoms with Gasteiger partial charge in [-0.1, -0.05) is 19.3 Å². The molecule has 0 bridgehead atoms. The second-order valence-electron chi connectivity index (χ2n) is 5.77. The maximum Gasteiger partial charge on any atom is 0.253 e. The third kappa shape index (κ3) is 2.61. The van der Waals surface area contributed by atoms with E-state index in [2.05, 4.69) is 5.32 Å². The van der Waals surface area contributed by atoms with E-state index >= 15 is 0 Å². The van der Waals surface area contributed by atoms with Crippen LogP contribution in [0.3, 0.4) is 0 Å². The molecule has 1 saturated heterocycles. The van der Waals surface area contributed by atoms with E-state index in [0.29, 0.717) is 22.2 Å². The minimum atomic E-state index is -3.50. The van der Waals surface area contributed by atoms with Gasteiger partial charge in [-0.3, -0.25) is 0 Å². The van der Waals surface area contributed by atoms with Crippen molar-refractivity contribution in [3.8, 4) is 6.07 Å². The minimum Gasteiger partial charge on any atom is -0.314 e. The van der Waals surface area contributed by atoms with Crippen LogP contribution in [0, 0.1) is 11.3 Å².